The minimum Gasteiger partial charge on any atom is -0.464 e. The maximum atomic E-state index is 12.4. The van der Waals surface area contributed by atoms with Gasteiger partial charge in [0.05, 0.1) is 17.7 Å². The molecule has 0 saturated heterocycles. The molecule has 1 aromatic heterocycles. The van der Waals surface area contributed by atoms with Gasteiger partial charge in [0, 0.05) is 6.20 Å². The van der Waals surface area contributed by atoms with Gasteiger partial charge >= 0.3 is 5.97 Å². The van der Waals surface area contributed by atoms with Crippen LogP contribution in [0.2, 0.25) is 5.02 Å². The van der Waals surface area contributed by atoms with Crippen molar-refractivity contribution in [1.29, 1.82) is 0 Å². The second-order valence-corrected chi connectivity index (χ2v) is 2.82. The Morgan fingerprint density at radius 2 is 2.29 bits per heavy atom. The Morgan fingerprint density at radius 3 is 2.79 bits per heavy atom. The molecule has 1 rings (SSSR count). The van der Waals surface area contributed by atoms with E-state index in [4.69, 9.17) is 11.6 Å². The van der Waals surface area contributed by atoms with Gasteiger partial charge in [0.25, 0.3) is 6.43 Å². The monoisotopic (exact) mass is 221 g/mol. The first kappa shape index (κ1) is 10.8. The standard InChI is InChI=1S/C8H6ClF2NO2/c1-14-8(13)6-5(7(10)11)2-4(9)3-12-6/h2-3,7H,1H3. The van der Waals surface area contributed by atoms with E-state index in [0.29, 0.717) is 0 Å². The fourth-order valence-corrected chi connectivity index (χ4v) is 1.05. The Bertz CT molecular complexity index is 357. The van der Waals surface area contributed by atoms with Gasteiger partial charge < -0.3 is 4.74 Å². The average molecular weight is 222 g/mol. The highest BCUT2D eigenvalue weighted by Gasteiger charge is 2.20. The predicted octanol–water partition coefficient (Wildman–Crippen LogP) is 2.46. The number of pyridine rings is 1. The number of alkyl halides is 2. The van der Waals surface area contributed by atoms with Gasteiger partial charge in [-0.05, 0) is 6.07 Å². The van der Waals surface area contributed by atoms with Crippen molar-refractivity contribution in [3.63, 3.8) is 0 Å². The third kappa shape index (κ3) is 2.17. The average Bonchev–Trinajstić information content (AvgIpc) is 2.16. The largest absolute Gasteiger partial charge is 0.464 e. The summed E-state index contributed by atoms with van der Waals surface area (Å²) in [6, 6.07) is 0.992. The number of carbonyl (C=O) groups is 1. The van der Waals surface area contributed by atoms with Gasteiger partial charge in [-0.15, -0.1) is 0 Å². The van der Waals surface area contributed by atoms with Gasteiger partial charge in [0.2, 0.25) is 0 Å². The number of methoxy groups -OCH3 is 1. The molecule has 0 unspecified atom stereocenters. The van der Waals surface area contributed by atoms with Gasteiger partial charge in [-0.1, -0.05) is 11.6 Å². The van der Waals surface area contributed by atoms with Gasteiger partial charge in [0.15, 0.2) is 5.69 Å². The number of carbonyl (C=O) groups excluding carboxylic acids is 1. The number of esters is 1. The molecule has 3 nitrogen and oxygen atoms in total. The normalized spacial score (nSPS) is 10.4. The molecule has 0 spiro atoms. The first-order valence-electron chi connectivity index (χ1n) is 3.58. The molecule has 0 atom stereocenters. The third-order valence-electron chi connectivity index (χ3n) is 1.50. The van der Waals surface area contributed by atoms with Crippen LogP contribution < -0.4 is 0 Å². The Balaban J connectivity index is 3.21. The molecule has 1 aromatic rings. The summed E-state index contributed by atoms with van der Waals surface area (Å²) < 4.78 is 29.1. The first-order chi connectivity index (χ1) is 6.56. The van der Waals surface area contributed by atoms with E-state index >= 15 is 0 Å². The first-order valence-corrected chi connectivity index (χ1v) is 3.96. The van der Waals surface area contributed by atoms with Gasteiger partial charge in [0.1, 0.15) is 0 Å². The summed E-state index contributed by atoms with van der Waals surface area (Å²) in [5.74, 6) is -0.906. The molecule has 0 aliphatic heterocycles. The van der Waals surface area contributed by atoms with Crippen LogP contribution in [0.3, 0.4) is 0 Å². The molecule has 0 aliphatic rings. The summed E-state index contributed by atoms with van der Waals surface area (Å²) in [7, 11) is 1.09. The van der Waals surface area contributed by atoms with Crippen LogP contribution in [0.4, 0.5) is 8.78 Å². The molecule has 0 amide bonds. The van der Waals surface area contributed by atoms with E-state index in [9.17, 15) is 13.6 Å². The summed E-state index contributed by atoms with van der Waals surface area (Å²) in [6.07, 6.45) is -1.70. The lowest BCUT2D eigenvalue weighted by atomic mass is 10.2. The van der Waals surface area contributed by atoms with Crippen LogP contribution >= 0.6 is 11.6 Å². The van der Waals surface area contributed by atoms with Gasteiger partial charge in [-0.2, -0.15) is 0 Å². The summed E-state index contributed by atoms with van der Waals surface area (Å²) in [4.78, 5) is 14.5. The molecule has 1 heterocycles. The molecule has 0 N–H and O–H groups in total. The zero-order valence-corrected chi connectivity index (χ0v) is 7.89. The van der Waals surface area contributed by atoms with E-state index in [1.54, 1.807) is 0 Å². The van der Waals surface area contributed by atoms with E-state index in [1.807, 2.05) is 0 Å². The molecule has 0 bridgehead atoms. The van der Waals surface area contributed by atoms with Crippen molar-refractivity contribution in [2.45, 2.75) is 6.43 Å². The number of ether oxygens (including phenoxy) is 1. The maximum absolute atomic E-state index is 12.4. The van der Waals surface area contributed by atoms with E-state index < -0.39 is 23.7 Å². The molecular formula is C8H6ClF2NO2. The van der Waals surface area contributed by atoms with Crippen molar-refractivity contribution in [3.05, 3.63) is 28.5 Å². The van der Waals surface area contributed by atoms with Crippen molar-refractivity contribution in [3.8, 4) is 0 Å². The fraction of sp³-hybridized carbons (Fsp3) is 0.250. The summed E-state index contributed by atoms with van der Waals surface area (Å²) in [5.41, 5.74) is -0.934. The van der Waals surface area contributed by atoms with Crippen LogP contribution in [0.15, 0.2) is 12.3 Å². The SMILES string of the molecule is COC(=O)c1ncc(Cl)cc1C(F)F. The topological polar surface area (TPSA) is 39.2 Å². The van der Waals surface area contributed by atoms with Crippen molar-refractivity contribution in [1.82, 2.24) is 4.98 Å². The van der Waals surface area contributed by atoms with Crippen LogP contribution in [0.25, 0.3) is 0 Å². The van der Waals surface area contributed by atoms with Crippen molar-refractivity contribution in [2.24, 2.45) is 0 Å². The van der Waals surface area contributed by atoms with Crippen molar-refractivity contribution in [2.75, 3.05) is 7.11 Å². The Kier molecular flexibility index (Phi) is 3.35. The predicted molar refractivity (Wildman–Crippen MR) is 45.5 cm³/mol. The molecular weight excluding hydrogens is 216 g/mol. The lowest BCUT2D eigenvalue weighted by Crippen LogP contribution is -2.08. The molecule has 0 saturated carbocycles. The summed E-state index contributed by atoms with van der Waals surface area (Å²) in [6.45, 7) is 0. The van der Waals surface area contributed by atoms with Crippen LogP contribution in [-0.2, 0) is 4.74 Å². The van der Waals surface area contributed by atoms with Crippen molar-refractivity contribution >= 4 is 17.6 Å². The number of nitrogens with zero attached hydrogens (tertiary/aromatic N) is 1. The Hall–Kier alpha value is -1.23. The highest BCUT2D eigenvalue weighted by atomic mass is 35.5. The van der Waals surface area contributed by atoms with Crippen LogP contribution in [-0.4, -0.2) is 18.1 Å². The minimum atomic E-state index is -2.81. The number of rotatable bonds is 2. The quantitative estimate of drug-likeness (QED) is 0.720. The van der Waals surface area contributed by atoms with E-state index in [1.165, 1.54) is 0 Å². The highest BCUT2D eigenvalue weighted by Crippen LogP contribution is 2.24. The molecule has 0 aromatic carbocycles. The number of hydrogen-bond acceptors (Lipinski definition) is 3. The molecule has 76 valence electrons. The number of aromatic nitrogens is 1. The van der Waals surface area contributed by atoms with Gasteiger partial charge in [-0.25, -0.2) is 18.6 Å². The van der Waals surface area contributed by atoms with Crippen molar-refractivity contribution < 1.29 is 18.3 Å². The highest BCUT2D eigenvalue weighted by molar-refractivity contribution is 6.30. The van der Waals surface area contributed by atoms with Crippen LogP contribution in [0.5, 0.6) is 0 Å². The Labute approximate surface area is 83.7 Å². The molecule has 0 fully saturated rings. The number of hydrogen-bond donors (Lipinski definition) is 0. The summed E-state index contributed by atoms with van der Waals surface area (Å²) in [5, 5.41) is 0.0490. The van der Waals surface area contributed by atoms with Gasteiger partial charge in [-0.3, -0.25) is 0 Å². The third-order valence-corrected chi connectivity index (χ3v) is 1.70. The molecule has 0 radical (unpaired) electrons. The number of halogens is 3. The second-order valence-electron chi connectivity index (χ2n) is 2.38. The van der Waals surface area contributed by atoms with E-state index in [2.05, 4.69) is 9.72 Å². The summed E-state index contributed by atoms with van der Waals surface area (Å²) >= 11 is 5.46. The lowest BCUT2D eigenvalue weighted by molar-refractivity contribution is 0.0581. The fourth-order valence-electron chi connectivity index (χ4n) is 0.889. The smallest absolute Gasteiger partial charge is 0.357 e. The molecule has 6 heteroatoms. The van der Waals surface area contributed by atoms with Crippen LogP contribution in [0.1, 0.15) is 22.5 Å². The van der Waals surface area contributed by atoms with E-state index in [-0.39, 0.29) is 5.02 Å². The second kappa shape index (κ2) is 4.32. The molecule has 0 aliphatic carbocycles. The lowest BCUT2D eigenvalue weighted by Gasteiger charge is -2.05. The zero-order chi connectivity index (χ0) is 10.7. The molecule has 14 heavy (non-hydrogen) atoms. The Morgan fingerprint density at radius 1 is 1.64 bits per heavy atom. The minimum absolute atomic E-state index is 0.0490. The maximum Gasteiger partial charge on any atom is 0.357 e. The van der Waals surface area contributed by atoms with E-state index in [0.717, 1.165) is 19.4 Å². The zero-order valence-electron chi connectivity index (χ0n) is 7.13. The van der Waals surface area contributed by atoms with Crippen LogP contribution in [0, 0.1) is 0 Å².